The third kappa shape index (κ3) is 5.31. The van der Waals surface area contributed by atoms with Gasteiger partial charge in [0.25, 0.3) is 0 Å². The van der Waals surface area contributed by atoms with Gasteiger partial charge in [0.05, 0.1) is 19.5 Å². The number of hydrogen-bond donors (Lipinski definition) is 0. The summed E-state index contributed by atoms with van der Waals surface area (Å²) in [4.78, 5) is 12.9. The first-order chi connectivity index (χ1) is 17.7. The average molecular weight is 523 g/mol. The summed E-state index contributed by atoms with van der Waals surface area (Å²) in [6.07, 6.45) is 6.76. The molecule has 3 aromatic heterocycles. The summed E-state index contributed by atoms with van der Waals surface area (Å²) in [5.41, 5.74) is 3.01. The molecule has 2 atom stereocenters. The first-order valence-electron chi connectivity index (χ1n) is 11.7. The van der Waals surface area contributed by atoms with Crippen molar-refractivity contribution < 1.29 is 17.9 Å². The number of benzene rings is 1. The number of hydrogen-bond acceptors (Lipinski definition) is 9. The van der Waals surface area contributed by atoms with E-state index in [0.717, 1.165) is 11.1 Å². The third-order valence-corrected chi connectivity index (χ3v) is 8.50. The van der Waals surface area contributed by atoms with E-state index < -0.39 is 21.0 Å². The van der Waals surface area contributed by atoms with E-state index in [4.69, 9.17) is 9.47 Å². The Hall–Kier alpha value is -3.86. The standard InChI is InChI=1S/C26H30N6O4S/c1-16-10-20(14-27-11-16)26-31-30-23(32(26)24-21(35-5)8-7-9-22(24)36-6)15-37(33,34)19(4)18(3)25-28-12-17(2)13-29-25/h7-14,18-19H,15H2,1-6H3/t18-,19-/m0/s1. The molecule has 0 radical (unpaired) electrons. The lowest BCUT2D eigenvalue weighted by Crippen LogP contribution is -2.27. The molecule has 3 heterocycles. The molecule has 194 valence electrons. The van der Waals surface area contributed by atoms with Crippen LogP contribution in [0.2, 0.25) is 0 Å². The molecule has 0 saturated heterocycles. The Morgan fingerprint density at radius 2 is 1.57 bits per heavy atom. The van der Waals surface area contributed by atoms with E-state index in [1.165, 1.54) is 14.2 Å². The maximum absolute atomic E-state index is 13.7. The van der Waals surface area contributed by atoms with Gasteiger partial charge in [-0.05, 0) is 50.1 Å². The van der Waals surface area contributed by atoms with Crippen LogP contribution in [0.3, 0.4) is 0 Å². The number of sulfone groups is 1. The highest BCUT2D eigenvalue weighted by Gasteiger charge is 2.33. The molecule has 4 rings (SSSR count). The second kappa shape index (κ2) is 10.6. The van der Waals surface area contributed by atoms with Crippen molar-refractivity contribution in [2.45, 2.75) is 44.6 Å². The van der Waals surface area contributed by atoms with E-state index in [-0.39, 0.29) is 11.6 Å². The molecule has 0 amide bonds. The number of ether oxygens (including phenoxy) is 2. The predicted molar refractivity (Wildman–Crippen MR) is 140 cm³/mol. The fraction of sp³-hybridized carbons (Fsp3) is 0.346. The molecule has 0 saturated carbocycles. The molecule has 0 aliphatic heterocycles. The quantitative estimate of drug-likeness (QED) is 0.322. The zero-order valence-corrected chi connectivity index (χ0v) is 22.5. The Morgan fingerprint density at radius 3 is 2.16 bits per heavy atom. The molecule has 0 unspecified atom stereocenters. The average Bonchev–Trinajstić information content (AvgIpc) is 3.29. The van der Waals surface area contributed by atoms with Crippen LogP contribution in [0.4, 0.5) is 0 Å². The van der Waals surface area contributed by atoms with E-state index in [0.29, 0.717) is 34.4 Å². The molecule has 0 fully saturated rings. The lowest BCUT2D eigenvalue weighted by atomic mass is 10.1. The van der Waals surface area contributed by atoms with Crippen LogP contribution in [0.15, 0.2) is 49.1 Å². The van der Waals surface area contributed by atoms with Gasteiger partial charge in [0.2, 0.25) is 0 Å². The van der Waals surface area contributed by atoms with Crippen LogP contribution in [0, 0.1) is 13.8 Å². The SMILES string of the molecule is COc1cccc(OC)c1-n1c(CS(=O)(=O)[C@@H](C)[C@H](C)c2ncc(C)cn2)nnc1-c1cncc(C)c1. The highest BCUT2D eigenvalue weighted by atomic mass is 32.2. The smallest absolute Gasteiger partial charge is 0.170 e. The first kappa shape index (κ1) is 26.2. The Morgan fingerprint density at radius 1 is 0.919 bits per heavy atom. The molecule has 0 aliphatic carbocycles. The lowest BCUT2D eigenvalue weighted by molar-refractivity contribution is 0.390. The predicted octanol–water partition coefficient (Wildman–Crippen LogP) is 3.86. The van der Waals surface area contributed by atoms with Crippen LogP contribution >= 0.6 is 0 Å². The van der Waals surface area contributed by atoms with E-state index in [9.17, 15) is 8.42 Å². The van der Waals surface area contributed by atoms with Crippen LogP contribution in [-0.4, -0.2) is 57.6 Å². The van der Waals surface area contributed by atoms with Crippen molar-refractivity contribution in [1.29, 1.82) is 0 Å². The zero-order chi connectivity index (χ0) is 26.7. The second-order valence-electron chi connectivity index (χ2n) is 8.96. The molecule has 0 N–H and O–H groups in total. The fourth-order valence-electron chi connectivity index (χ4n) is 4.03. The molecule has 37 heavy (non-hydrogen) atoms. The first-order valence-corrected chi connectivity index (χ1v) is 13.5. The minimum absolute atomic E-state index is 0.225. The van der Waals surface area contributed by atoms with Gasteiger partial charge in [0.1, 0.15) is 28.8 Å². The minimum atomic E-state index is -3.72. The van der Waals surface area contributed by atoms with Crippen molar-refractivity contribution in [3.8, 4) is 28.6 Å². The molecular formula is C26H30N6O4S. The number of rotatable bonds is 9. The van der Waals surface area contributed by atoms with Gasteiger partial charge < -0.3 is 9.47 Å². The number of aromatic nitrogens is 6. The van der Waals surface area contributed by atoms with Crippen LogP contribution in [0.5, 0.6) is 11.5 Å². The molecule has 11 heteroatoms. The summed E-state index contributed by atoms with van der Waals surface area (Å²) < 4.78 is 40.3. The molecule has 10 nitrogen and oxygen atoms in total. The van der Waals surface area contributed by atoms with Crippen molar-refractivity contribution >= 4 is 9.84 Å². The Kier molecular flexibility index (Phi) is 7.53. The Labute approximate surface area is 216 Å². The van der Waals surface area contributed by atoms with Gasteiger partial charge in [-0.3, -0.25) is 9.55 Å². The molecule has 0 spiro atoms. The summed E-state index contributed by atoms with van der Waals surface area (Å²) >= 11 is 0. The number of nitrogens with zero attached hydrogens (tertiary/aromatic N) is 6. The summed E-state index contributed by atoms with van der Waals surface area (Å²) in [5.74, 6) is 1.29. The second-order valence-corrected chi connectivity index (χ2v) is 11.3. The molecule has 1 aromatic carbocycles. The normalized spacial score (nSPS) is 13.2. The number of para-hydroxylation sites is 1. The Balaban J connectivity index is 1.83. The van der Waals surface area contributed by atoms with Gasteiger partial charge in [0.15, 0.2) is 21.5 Å². The van der Waals surface area contributed by atoms with Gasteiger partial charge in [-0.2, -0.15) is 0 Å². The maximum atomic E-state index is 13.7. The van der Waals surface area contributed by atoms with Crippen LogP contribution in [0.25, 0.3) is 17.1 Å². The minimum Gasteiger partial charge on any atom is -0.494 e. The highest BCUT2D eigenvalue weighted by molar-refractivity contribution is 7.91. The number of methoxy groups -OCH3 is 2. The number of aryl methyl sites for hydroxylation is 2. The molecule has 0 bridgehead atoms. The van der Waals surface area contributed by atoms with E-state index >= 15 is 0 Å². The van der Waals surface area contributed by atoms with Gasteiger partial charge >= 0.3 is 0 Å². The van der Waals surface area contributed by atoms with Crippen LogP contribution in [0.1, 0.15) is 42.5 Å². The highest BCUT2D eigenvalue weighted by Crippen LogP contribution is 2.37. The lowest BCUT2D eigenvalue weighted by Gasteiger charge is -2.20. The van der Waals surface area contributed by atoms with E-state index in [1.54, 1.807) is 54.5 Å². The van der Waals surface area contributed by atoms with Crippen molar-refractivity contribution in [2.24, 2.45) is 0 Å². The topological polar surface area (TPSA) is 122 Å². The van der Waals surface area contributed by atoms with Crippen LogP contribution < -0.4 is 9.47 Å². The molecular weight excluding hydrogens is 492 g/mol. The van der Waals surface area contributed by atoms with Gasteiger partial charge in [-0.1, -0.05) is 13.0 Å². The summed E-state index contributed by atoms with van der Waals surface area (Å²) in [7, 11) is -0.638. The Bertz CT molecular complexity index is 1480. The van der Waals surface area contributed by atoms with Gasteiger partial charge in [-0.25, -0.2) is 18.4 Å². The van der Waals surface area contributed by atoms with Crippen molar-refractivity contribution in [3.05, 3.63) is 71.8 Å². The third-order valence-electron chi connectivity index (χ3n) is 6.30. The van der Waals surface area contributed by atoms with Crippen LogP contribution in [-0.2, 0) is 15.6 Å². The van der Waals surface area contributed by atoms with Crippen molar-refractivity contribution in [3.63, 3.8) is 0 Å². The summed E-state index contributed by atoms with van der Waals surface area (Å²) in [6, 6.07) is 7.25. The zero-order valence-electron chi connectivity index (χ0n) is 21.7. The fourth-order valence-corrected chi connectivity index (χ4v) is 5.58. The van der Waals surface area contributed by atoms with Gasteiger partial charge in [-0.15, -0.1) is 10.2 Å². The summed E-state index contributed by atoms with van der Waals surface area (Å²) in [5, 5.41) is 7.93. The molecule has 0 aliphatic rings. The molecule has 4 aromatic rings. The number of pyridine rings is 1. The van der Waals surface area contributed by atoms with Gasteiger partial charge in [0, 0.05) is 36.3 Å². The largest absolute Gasteiger partial charge is 0.494 e. The van der Waals surface area contributed by atoms with Crippen molar-refractivity contribution in [2.75, 3.05) is 14.2 Å². The van der Waals surface area contributed by atoms with E-state index in [2.05, 4.69) is 25.1 Å². The van der Waals surface area contributed by atoms with E-state index in [1.807, 2.05) is 26.8 Å². The summed E-state index contributed by atoms with van der Waals surface area (Å²) in [6.45, 7) is 7.28. The monoisotopic (exact) mass is 522 g/mol. The van der Waals surface area contributed by atoms with Crippen molar-refractivity contribution in [1.82, 2.24) is 29.7 Å². The maximum Gasteiger partial charge on any atom is 0.170 e.